The topological polar surface area (TPSA) is 99.6 Å². The lowest BCUT2D eigenvalue weighted by atomic mass is 9.82. The van der Waals surface area contributed by atoms with Crippen molar-refractivity contribution in [2.24, 2.45) is 5.92 Å². The molecule has 3 aliphatic rings. The van der Waals surface area contributed by atoms with Crippen LogP contribution in [0.5, 0.6) is 5.75 Å². The van der Waals surface area contributed by atoms with Gasteiger partial charge < -0.3 is 24.4 Å². The number of carbonyl (C=O) groups excluding carboxylic acids is 3. The van der Waals surface area contributed by atoms with E-state index in [0.29, 0.717) is 34.1 Å². The Morgan fingerprint density at radius 2 is 1.59 bits per heavy atom. The van der Waals surface area contributed by atoms with E-state index in [1.165, 1.54) is 0 Å². The summed E-state index contributed by atoms with van der Waals surface area (Å²) in [6.45, 7) is 7.19. The van der Waals surface area contributed by atoms with Gasteiger partial charge in [0.25, 0.3) is 11.8 Å². The maximum Gasteiger partial charge on any atom is 0.264 e. The highest BCUT2D eigenvalue weighted by molar-refractivity contribution is 6.91. The van der Waals surface area contributed by atoms with Crippen LogP contribution in [0.2, 0.25) is 23.7 Å². The molecule has 0 aromatic heterocycles. The second kappa shape index (κ2) is 15.9. The number of rotatable bonds is 12. The standard InChI is InChI=1S/C50H48ClN3O6Si/c1-32-47(61(3,4)39-22-20-38(59-2)21-23-39)44(29-45(56)52(25-26-55)30-33-11-6-5-7-12-33)60-50(32)41-28-36(51)19-24-42(41)53(49(50)58)31-34-13-8-16-37(27-34)54-43-18-10-15-35-14-9-17-40(46(35)43)48(54)57/h5-24,27-28,32,44,47,55H,25-26,29-31H2,1-4H3/t32-,44+,47-,50+/m1/s1. The molecule has 0 aliphatic carbocycles. The summed E-state index contributed by atoms with van der Waals surface area (Å²) in [6.07, 6.45) is -0.603. The molecule has 1 saturated heterocycles. The Hall–Kier alpha value is -5.78. The molecule has 3 heterocycles. The van der Waals surface area contributed by atoms with Crippen LogP contribution in [0.3, 0.4) is 0 Å². The summed E-state index contributed by atoms with van der Waals surface area (Å²) in [4.78, 5) is 49.1. The fourth-order valence-corrected chi connectivity index (χ4v) is 14.5. The van der Waals surface area contributed by atoms with Crippen LogP contribution in [0.25, 0.3) is 10.8 Å². The third-order valence-corrected chi connectivity index (χ3v) is 17.8. The van der Waals surface area contributed by atoms with E-state index >= 15 is 4.79 Å². The maximum absolute atomic E-state index is 15.5. The first-order valence-electron chi connectivity index (χ1n) is 20.8. The van der Waals surface area contributed by atoms with Crippen LogP contribution in [0.4, 0.5) is 17.1 Å². The number of hydrogen-bond donors (Lipinski definition) is 1. The summed E-state index contributed by atoms with van der Waals surface area (Å²) in [6, 6.07) is 42.9. The molecule has 6 aromatic rings. The van der Waals surface area contributed by atoms with Crippen molar-refractivity contribution in [1.29, 1.82) is 0 Å². The first-order valence-corrected chi connectivity index (χ1v) is 24.2. The zero-order valence-corrected chi connectivity index (χ0v) is 36.4. The zero-order valence-electron chi connectivity index (χ0n) is 34.7. The fourth-order valence-electron chi connectivity index (χ4n) is 10.3. The van der Waals surface area contributed by atoms with Crippen molar-refractivity contribution < 1.29 is 29.0 Å². The molecule has 9 rings (SSSR count). The second-order valence-electron chi connectivity index (χ2n) is 16.9. The second-order valence-corrected chi connectivity index (χ2v) is 22.1. The summed E-state index contributed by atoms with van der Waals surface area (Å²) < 4.78 is 12.8. The van der Waals surface area contributed by atoms with Crippen LogP contribution in [-0.2, 0) is 33.0 Å². The van der Waals surface area contributed by atoms with Crippen LogP contribution in [0.1, 0.15) is 40.4 Å². The normalized spacial score (nSPS) is 20.5. The quantitative estimate of drug-likeness (QED) is 0.124. The van der Waals surface area contributed by atoms with Gasteiger partial charge in [-0.05, 0) is 76.7 Å². The van der Waals surface area contributed by atoms with E-state index in [9.17, 15) is 14.7 Å². The predicted octanol–water partition coefficient (Wildman–Crippen LogP) is 8.97. The Labute approximate surface area is 362 Å². The van der Waals surface area contributed by atoms with Crippen molar-refractivity contribution in [1.82, 2.24) is 4.90 Å². The summed E-state index contributed by atoms with van der Waals surface area (Å²) in [5, 5.41) is 13.6. The molecule has 0 saturated carbocycles. The van der Waals surface area contributed by atoms with Gasteiger partial charge in [0.05, 0.1) is 57.8 Å². The molecule has 1 spiro atoms. The van der Waals surface area contributed by atoms with Crippen LogP contribution < -0.4 is 19.7 Å². The van der Waals surface area contributed by atoms with Gasteiger partial charge in [-0.15, -0.1) is 0 Å². The van der Waals surface area contributed by atoms with Crippen LogP contribution in [0.15, 0.2) is 133 Å². The third-order valence-electron chi connectivity index (χ3n) is 13.2. The molecule has 4 atom stereocenters. The predicted molar refractivity (Wildman–Crippen MR) is 243 cm³/mol. The van der Waals surface area contributed by atoms with Gasteiger partial charge >= 0.3 is 0 Å². The summed E-state index contributed by atoms with van der Waals surface area (Å²) in [7, 11) is -0.930. The fraction of sp³-hybridized carbons (Fsp3) is 0.260. The Morgan fingerprint density at radius 3 is 2.33 bits per heavy atom. The third kappa shape index (κ3) is 6.82. The van der Waals surface area contributed by atoms with Gasteiger partial charge in [0.1, 0.15) is 5.75 Å². The van der Waals surface area contributed by atoms with Crippen LogP contribution >= 0.6 is 11.6 Å². The zero-order chi connectivity index (χ0) is 42.6. The maximum atomic E-state index is 15.5. The molecule has 0 radical (unpaired) electrons. The number of halogens is 1. The number of amides is 3. The smallest absolute Gasteiger partial charge is 0.264 e. The van der Waals surface area contributed by atoms with Crippen molar-refractivity contribution in [2.45, 2.75) is 56.8 Å². The lowest BCUT2D eigenvalue weighted by molar-refractivity contribution is -0.150. The SMILES string of the molecule is COc1ccc([Si](C)(C)[C@H]2[C@H](CC(=O)N(CCO)Cc3ccccc3)O[C@@]3(C(=O)N(Cc4cccc(N5C(=O)c6cccc7cccc5c67)c4)c4ccc(Cl)cc43)[C@@H]2C)cc1. The Balaban J connectivity index is 1.09. The van der Waals surface area contributed by atoms with Crippen LogP contribution in [-0.4, -0.2) is 62.2 Å². The molecule has 61 heavy (non-hydrogen) atoms. The average molecular weight is 850 g/mol. The molecule has 1 N–H and O–H groups in total. The summed E-state index contributed by atoms with van der Waals surface area (Å²) >= 11 is 6.78. The molecular formula is C50H48ClN3O6Si. The van der Waals surface area contributed by atoms with Crippen molar-refractivity contribution in [3.05, 3.63) is 161 Å². The van der Waals surface area contributed by atoms with Gasteiger partial charge in [-0.1, -0.05) is 116 Å². The van der Waals surface area contributed by atoms with Crippen LogP contribution in [0, 0.1) is 5.92 Å². The number of fused-ring (bicyclic) bond motifs is 2. The molecule has 3 aliphatic heterocycles. The van der Waals surface area contributed by atoms with E-state index in [1.807, 2.05) is 115 Å². The minimum Gasteiger partial charge on any atom is -0.497 e. The molecule has 0 bridgehead atoms. The summed E-state index contributed by atoms with van der Waals surface area (Å²) in [5.74, 6) is -0.0795. The van der Waals surface area contributed by atoms with E-state index in [4.69, 9.17) is 21.1 Å². The number of benzene rings is 6. The Morgan fingerprint density at radius 1 is 0.869 bits per heavy atom. The van der Waals surface area contributed by atoms with E-state index in [-0.39, 0.29) is 55.3 Å². The van der Waals surface area contributed by atoms with Crippen molar-refractivity contribution >= 4 is 70.4 Å². The lowest BCUT2D eigenvalue weighted by Gasteiger charge is -2.37. The number of carbonyl (C=O) groups is 3. The van der Waals surface area contributed by atoms with Gasteiger partial charge in [-0.3, -0.25) is 19.3 Å². The minimum atomic E-state index is -2.57. The molecule has 6 aromatic carbocycles. The number of aliphatic hydroxyl groups is 1. The van der Waals surface area contributed by atoms with Gasteiger partial charge in [-0.2, -0.15) is 0 Å². The number of nitrogens with zero attached hydrogens (tertiary/aromatic N) is 3. The van der Waals surface area contributed by atoms with Crippen molar-refractivity contribution in [3.8, 4) is 5.75 Å². The number of hydrogen-bond acceptors (Lipinski definition) is 6. The van der Waals surface area contributed by atoms with E-state index in [1.54, 1.807) is 27.9 Å². The van der Waals surface area contributed by atoms with Gasteiger partial charge in [0.2, 0.25) is 5.91 Å². The molecular weight excluding hydrogens is 802 g/mol. The number of methoxy groups -OCH3 is 1. The Kier molecular flexibility index (Phi) is 10.6. The largest absolute Gasteiger partial charge is 0.497 e. The highest BCUT2D eigenvalue weighted by atomic mass is 35.5. The monoisotopic (exact) mass is 849 g/mol. The highest BCUT2D eigenvalue weighted by Crippen LogP contribution is 2.60. The molecule has 9 nitrogen and oxygen atoms in total. The number of ether oxygens (including phenoxy) is 2. The highest BCUT2D eigenvalue weighted by Gasteiger charge is 2.66. The van der Waals surface area contributed by atoms with Crippen molar-refractivity contribution in [2.75, 3.05) is 30.1 Å². The molecule has 310 valence electrons. The van der Waals surface area contributed by atoms with Gasteiger partial charge in [-0.25, -0.2) is 0 Å². The molecule has 0 unspecified atom stereocenters. The first-order chi connectivity index (χ1) is 29.5. The van der Waals surface area contributed by atoms with Gasteiger partial charge in [0, 0.05) is 40.7 Å². The molecule has 1 fully saturated rings. The van der Waals surface area contributed by atoms with E-state index < -0.39 is 19.8 Å². The first kappa shape index (κ1) is 40.6. The summed E-state index contributed by atoms with van der Waals surface area (Å²) in [5.41, 5.74) is 3.74. The molecule has 11 heteroatoms. The van der Waals surface area contributed by atoms with Crippen molar-refractivity contribution in [3.63, 3.8) is 0 Å². The number of anilines is 3. The average Bonchev–Trinajstić information content (AvgIpc) is 3.82. The van der Waals surface area contributed by atoms with E-state index in [0.717, 1.165) is 38.5 Å². The lowest BCUT2D eigenvalue weighted by Crippen LogP contribution is -2.52. The van der Waals surface area contributed by atoms with E-state index in [2.05, 4.69) is 32.2 Å². The molecule has 3 amide bonds. The Bertz CT molecular complexity index is 2670. The number of aliphatic hydroxyl groups excluding tert-OH is 1. The van der Waals surface area contributed by atoms with Gasteiger partial charge in [0.15, 0.2) is 5.60 Å². The minimum absolute atomic E-state index is 0.0282.